The van der Waals surface area contributed by atoms with Gasteiger partial charge in [0, 0.05) is 35.5 Å². The third kappa shape index (κ3) is 2.17. The number of benzene rings is 2. The van der Waals surface area contributed by atoms with Gasteiger partial charge in [0.15, 0.2) is 0 Å². The summed E-state index contributed by atoms with van der Waals surface area (Å²) in [5.74, 6) is 0.698. The molecule has 2 fully saturated rings. The molecule has 5 rings (SSSR count). The van der Waals surface area contributed by atoms with Crippen LogP contribution in [0.3, 0.4) is 0 Å². The van der Waals surface area contributed by atoms with Crippen molar-refractivity contribution >= 4 is 56.6 Å². The number of fused-ring (bicyclic) bond motifs is 4. The lowest BCUT2D eigenvalue weighted by Gasteiger charge is -2.66. The van der Waals surface area contributed by atoms with Gasteiger partial charge in [-0.1, -0.05) is 0 Å². The SMILES string of the molecule is Ic1ccc(NC23CCC2C2(CCC2)Nc2ccc(I)cc23)cc1. The lowest BCUT2D eigenvalue weighted by atomic mass is 9.48. The summed E-state index contributed by atoms with van der Waals surface area (Å²) in [6, 6.07) is 15.8. The quantitative estimate of drug-likeness (QED) is 0.458. The maximum Gasteiger partial charge on any atom is 0.0696 e. The monoisotopic (exact) mass is 542 g/mol. The molecule has 0 amide bonds. The standard InChI is InChI=1S/C20H20I2N2/c21-13-2-5-15(6-3-13)23-20-11-8-18(20)19(9-1-10-19)24-17-7-4-14(22)12-16(17)20/h2-7,12,18,23-24H,1,8-11H2. The fourth-order valence-corrected chi connectivity index (χ4v) is 5.89. The maximum absolute atomic E-state index is 3.98. The van der Waals surface area contributed by atoms with E-state index in [1.165, 1.54) is 56.2 Å². The molecule has 2 atom stereocenters. The van der Waals surface area contributed by atoms with Gasteiger partial charge in [0.1, 0.15) is 0 Å². The Kier molecular flexibility index (Phi) is 3.60. The molecule has 2 aromatic rings. The van der Waals surface area contributed by atoms with E-state index in [2.05, 4.69) is 98.3 Å². The molecule has 124 valence electrons. The van der Waals surface area contributed by atoms with Crippen molar-refractivity contribution in [3.05, 3.63) is 55.2 Å². The van der Waals surface area contributed by atoms with E-state index in [0.29, 0.717) is 11.5 Å². The molecule has 2 saturated carbocycles. The van der Waals surface area contributed by atoms with Gasteiger partial charge in [0.25, 0.3) is 0 Å². The van der Waals surface area contributed by atoms with Crippen molar-refractivity contribution in [1.29, 1.82) is 0 Å². The van der Waals surface area contributed by atoms with E-state index in [1.54, 1.807) is 0 Å². The summed E-state index contributed by atoms with van der Waals surface area (Å²) in [5, 5.41) is 7.92. The van der Waals surface area contributed by atoms with Crippen LogP contribution in [0.1, 0.15) is 37.7 Å². The Morgan fingerprint density at radius 2 is 1.71 bits per heavy atom. The topological polar surface area (TPSA) is 24.1 Å². The molecule has 0 aromatic heterocycles. The predicted molar refractivity (Wildman–Crippen MR) is 117 cm³/mol. The molecule has 2 N–H and O–H groups in total. The molecule has 4 heteroatoms. The van der Waals surface area contributed by atoms with E-state index in [4.69, 9.17) is 0 Å². The molecule has 1 spiro atoms. The summed E-state index contributed by atoms with van der Waals surface area (Å²) in [7, 11) is 0. The van der Waals surface area contributed by atoms with Crippen molar-refractivity contribution in [3.8, 4) is 0 Å². The van der Waals surface area contributed by atoms with Gasteiger partial charge >= 0.3 is 0 Å². The molecule has 0 radical (unpaired) electrons. The highest BCUT2D eigenvalue weighted by Crippen LogP contribution is 2.63. The van der Waals surface area contributed by atoms with E-state index in [1.807, 2.05) is 0 Å². The molecule has 0 saturated heterocycles. The van der Waals surface area contributed by atoms with E-state index in [9.17, 15) is 0 Å². The predicted octanol–water partition coefficient (Wildman–Crippen LogP) is 5.96. The van der Waals surface area contributed by atoms with Crippen molar-refractivity contribution in [2.75, 3.05) is 10.6 Å². The molecular formula is C20H20I2N2. The molecule has 2 nitrogen and oxygen atoms in total. The highest BCUT2D eigenvalue weighted by Gasteiger charge is 2.62. The van der Waals surface area contributed by atoms with Crippen LogP contribution in [0.2, 0.25) is 0 Å². The fourth-order valence-electron chi connectivity index (χ4n) is 5.04. The number of anilines is 2. The minimum absolute atomic E-state index is 0.106. The van der Waals surface area contributed by atoms with Crippen LogP contribution < -0.4 is 10.6 Å². The third-order valence-electron chi connectivity index (χ3n) is 6.39. The first kappa shape index (κ1) is 15.7. The summed E-state index contributed by atoms with van der Waals surface area (Å²) in [6.45, 7) is 0. The van der Waals surface area contributed by atoms with Gasteiger partial charge in [-0.25, -0.2) is 0 Å². The zero-order valence-corrected chi connectivity index (χ0v) is 17.7. The maximum atomic E-state index is 3.98. The van der Waals surface area contributed by atoms with Gasteiger partial charge in [-0.15, -0.1) is 0 Å². The average Bonchev–Trinajstić information content (AvgIpc) is 2.52. The minimum Gasteiger partial charge on any atom is -0.379 e. The van der Waals surface area contributed by atoms with Gasteiger partial charge < -0.3 is 10.6 Å². The van der Waals surface area contributed by atoms with Gasteiger partial charge in [0.2, 0.25) is 0 Å². The minimum atomic E-state index is 0.106. The molecule has 2 aromatic carbocycles. The normalized spacial score (nSPS) is 28.8. The van der Waals surface area contributed by atoms with E-state index >= 15 is 0 Å². The summed E-state index contributed by atoms with van der Waals surface area (Å²) in [5.41, 5.74) is 4.51. The Morgan fingerprint density at radius 1 is 0.958 bits per heavy atom. The second-order valence-electron chi connectivity index (χ2n) is 7.52. The van der Waals surface area contributed by atoms with Crippen molar-refractivity contribution in [3.63, 3.8) is 0 Å². The molecular weight excluding hydrogens is 522 g/mol. The summed E-state index contributed by atoms with van der Waals surface area (Å²) >= 11 is 4.82. The Labute approximate surface area is 170 Å². The van der Waals surface area contributed by atoms with Crippen LogP contribution in [-0.4, -0.2) is 5.54 Å². The number of nitrogens with one attached hydrogen (secondary N) is 2. The van der Waals surface area contributed by atoms with Crippen LogP contribution in [0, 0.1) is 13.1 Å². The van der Waals surface area contributed by atoms with E-state index in [0.717, 1.165) is 0 Å². The lowest BCUT2D eigenvalue weighted by molar-refractivity contribution is 0.0196. The summed E-state index contributed by atoms with van der Waals surface area (Å²) < 4.78 is 2.61. The zero-order valence-electron chi connectivity index (χ0n) is 13.4. The van der Waals surface area contributed by atoms with Crippen LogP contribution >= 0.6 is 45.2 Å². The van der Waals surface area contributed by atoms with E-state index < -0.39 is 0 Å². The first-order valence-corrected chi connectivity index (χ1v) is 10.9. The smallest absolute Gasteiger partial charge is 0.0696 e. The second-order valence-corrected chi connectivity index (χ2v) is 10.0. The fraction of sp³-hybridized carbons (Fsp3) is 0.400. The largest absolute Gasteiger partial charge is 0.379 e. The first-order valence-electron chi connectivity index (χ1n) is 8.73. The van der Waals surface area contributed by atoms with Crippen LogP contribution in [0.5, 0.6) is 0 Å². The molecule has 3 aliphatic rings. The van der Waals surface area contributed by atoms with Gasteiger partial charge in [-0.2, -0.15) is 0 Å². The van der Waals surface area contributed by atoms with Crippen molar-refractivity contribution in [1.82, 2.24) is 0 Å². The van der Waals surface area contributed by atoms with E-state index in [-0.39, 0.29) is 5.54 Å². The van der Waals surface area contributed by atoms with Crippen molar-refractivity contribution in [2.45, 2.75) is 43.2 Å². The lowest BCUT2D eigenvalue weighted by Crippen LogP contribution is -2.68. The highest BCUT2D eigenvalue weighted by molar-refractivity contribution is 14.1. The second kappa shape index (κ2) is 5.50. The van der Waals surface area contributed by atoms with Crippen LogP contribution in [0.4, 0.5) is 11.4 Å². The average molecular weight is 542 g/mol. The molecule has 24 heavy (non-hydrogen) atoms. The molecule has 1 aliphatic heterocycles. The van der Waals surface area contributed by atoms with Crippen LogP contribution in [0.25, 0.3) is 0 Å². The van der Waals surface area contributed by atoms with Gasteiger partial charge in [-0.3, -0.25) is 0 Å². The Hall–Kier alpha value is -0.500. The molecule has 2 aliphatic carbocycles. The number of halogens is 2. The molecule has 2 unspecified atom stereocenters. The Morgan fingerprint density at radius 3 is 2.33 bits per heavy atom. The number of hydrogen-bond acceptors (Lipinski definition) is 2. The summed E-state index contributed by atoms with van der Waals surface area (Å²) in [6.07, 6.45) is 6.57. The molecule has 1 heterocycles. The van der Waals surface area contributed by atoms with Crippen LogP contribution in [-0.2, 0) is 5.54 Å². The Bertz CT molecular complexity index is 798. The third-order valence-corrected chi connectivity index (χ3v) is 7.78. The molecule has 0 bridgehead atoms. The number of hydrogen-bond donors (Lipinski definition) is 2. The number of rotatable bonds is 2. The Balaban J connectivity index is 1.62. The van der Waals surface area contributed by atoms with Crippen LogP contribution in [0.15, 0.2) is 42.5 Å². The zero-order chi connectivity index (χ0) is 16.4. The highest BCUT2D eigenvalue weighted by atomic mass is 127. The van der Waals surface area contributed by atoms with Gasteiger partial charge in [-0.05, 0) is 120 Å². The van der Waals surface area contributed by atoms with Gasteiger partial charge in [0.05, 0.1) is 5.54 Å². The first-order chi connectivity index (χ1) is 11.6. The van der Waals surface area contributed by atoms with Crippen molar-refractivity contribution in [2.24, 2.45) is 5.92 Å². The summed E-state index contributed by atoms with van der Waals surface area (Å²) in [4.78, 5) is 0. The van der Waals surface area contributed by atoms with Crippen molar-refractivity contribution < 1.29 is 0 Å².